The number of aromatic nitrogens is 1. The summed E-state index contributed by atoms with van der Waals surface area (Å²) < 4.78 is 53.1. The van der Waals surface area contributed by atoms with E-state index in [1.54, 1.807) is 32.0 Å². The Hall–Kier alpha value is -2.34. The summed E-state index contributed by atoms with van der Waals surface area (Å²) in [5.41, 5.74) is 1.08. The maximum absolute atomic E-state index is 12.9. The first-order chi connectivity index (χ1) is 15.5. The third-order valence-corrected chi connectivity index (χ3v) is 9.39. The van der Waals surface area contributed by atoms with Crippen LogP contribution in [-0.4, -0.2) is 51.0 Å². The highest BCUT2D eigenvalue weighted by Gasteiger charge is 2.21. The van der Waals surface area contributed by atoms with E-state index < -0.39 is 25.8 Å². The lowest BCUT2D eigenvalue weighted by atomic mass is 10.2. The van der Waals surface area contributed by atoms with Gasteiger partial charge in [-0.1, -0.05) is 32.1 Å². The van der Waals surface area contributed by atoms with Crippen LogP contribution in [0.2, 0.25) is 0 Å². The average molecular weight is 510 g/mol. The molecule has 2 aromatic carbocycles. The number of nitrogens with zero attached hydrogens (tertiary/aromatic N) is 3. The van der Waals surface area contributed by atoms with Gasteiger partial charge >= 0.3 is 0 Å². The normalized spacial score (nSPS) is 13.2. The molecule has 0 aliphatic rings. The fourth-order valence-corrected chi connectivity index (χ4v) is 6.72. The van der Waals surface area contributed by atoms with E-state index in [-0.39, 0.29) is 15.4 Å². The zero-order valence-electron chi connectivity index (χ0n) is 19.0. The summed E-state index contributed by atoms with van der Waals surface area (Å²) in [5, 5.41) is 0. The van der Waals surface area contributed by atoms with Gasteiger partial charge in [0.25, 0.3) is 5.91 Å². The summed E-state index contributed by atoms with van der Waals surface area (Å²) in [6.45, 7) is 6.88. The number of thiazole rings is 1. The van der Waals surface area contributed by atoms with Crippen molar-refractivity contribution in [3.05, 3.63) is 52.8 Å². The van der Waals surface area contributed by atoms with Gasteiger partial charge in [0.05, 0.1) is 20.0 Å². The van der Waals surface area contributed by atoms with Crippen LogP contribution >= 0.6 is 11.3 Å². The molecule has 0 N–H and O–H groups in total. The summed E-state index contributed by atoms with van der Waals surface area (Å²) in [5.74, 6) is -0.499. The van der Waals surface area contributed by atoms with Gasteiger partial charge in [-0.15, -0.1) is 0 Å². The molecule has 0 radical (unpaired) electrons. The van der Waals surface area contributed by atoms with Crippen molar-refractivity contribution in [2.75, 3.05) is 19.3 Å². The minimum Gasteiger partial charge on any atom is -0.316 e. The largest absolute Gasteiger partial charge is 0.316 e. The molecule has 3 aromatic rings. The van der Waals surface area contributed by atoms with Crippen molar-refractivity contribution in [3.8, 4) is 0 Å². The summed E-state index contributed by atoms with van der Waals surface area (Å²) in [6, 6.07) is 10.6. The van der Waals surface area contributed by atoms with E-state index >= 15 is 0 Å². The van der Waals surface area contributed by atoms with Crippen LogP contribution in [0.4, 0.5) is 0 Å². The molecule has 0 fully saturated rings. The zero-order chi connectivity index (χ0) is 24.4. The minimum atomic E-state index is -3.61. The number of sulfonamides is 1. The predicted octanol–water partition coefficient (Wildman–Crippen LogP) is 3.29. The van der Waals surface area contributed by atoms with Gasteiger partial charge < -0.3 is 4.57 Å². The number of carbonyl (C=O) groups excluding carboxylic acids is 1. The lowest BCUT2D eigenvalue weighted by Crippen LogP contribution is -2.30. The number of hydrogen-bond donors (Lipinski definition) is 0. The second-order valence-electron chi connectivity index (χ2n) is 7.47. The van der Waals surface area contributed by atoms with E-state index in [4.69, 9.17) is 0 Å². The van der Waals surface area contributed by atoms with Gasteiger partial charge in [0, 0.05) is 31.5 Å². The Labute approximate surface area is 198 Å². The second kappa shape index (κ2) is 9.88. The molecule has 1 aromatic heterocycles. The quantitative estimate of drug-likeness (QED) is 0.463. The molecule has 0 saturated heterocycles. The minimum absolute atomic E-state index is 0.124. The fraction of sp³-hybridized carbons (Fsp3) is 0.364. The number of benzene rings is 2. The SMILES string of the molecule is CCCn1c(=NC(=O)c2ccc(S(=O)(=O)N(CC)CC)cc2)sc2cc(S(C)(=O)=O)ccc21. The van der Waals surface area contributed by atoms with E-state index in [1.165, 1.54) is 39.9 Å². The summed E-state index contributed by atoms with van der Waals surface area (Å²) in [6.07, 6.45) is 1.96. The van der Waals surface area contributed by atoms with E-state index in [2.05, 4.69) is 4.99 Å². The molecule has 1 heterocycles. The molecule has 0 saturated carbocycles. The van der Waals surface area contributed by atoms with Gasteiger partial charge in [-0.3, -0.25) is 4.79 Å². The summed E-state index contributed by atoms with van der Waals surface area (Å²) >= 11 is 1.24. The highest BCUT2D eigenvalue weighted by atomic mass is 32.2. The first-order valence-electron chi connectivity index (χ1n) is 10.6. The molecule has 0 bridgehead atoms. The van der Waals surface area contributed by atoms with Crippen molar-refractivity contribution < 1.29 is 21.6 Å². The van der Waals surface area contributed by atoms with Crippen LogP contribution in [-0.2, 0) is 26.4 Å². The van der Waals surface area contributed by atoms with Crippen LogP contribution in [0.15, 0.2) is 57.2 Å². The van der Waals surface area contributed by atoms with E-state index in [9.17, 15) is 21.6 Å². The lowest BCUT2D eigenvalue weighted by Gasteiger charge is -2.18. The van der Waals surface area contributed by atoms with Gasteiger partial charge in [-0.25, -0.2) is 16.8 Å². The van der Waals surface area contributed by atoms with Crippen LogP contribution in [0.25, 0.3) is 10.2 Å². The highest BCUT2D eigenvalue weighted by molar-refractivity contribution is 7.90. The summed E-state index contributed by atoms with van der Waals surface area (Å²) in [7, 11) is -6.97. The number of hydrogen-bond acceptors (Lipinski definition) is 6. The maximum atomic E-state index is 12.9. The average Bonchev–Trinajstić information content (AvgIpc) is 3.10. The number of aryl methyl sites for hydroxylation is 1. The van der Waals surface area contributed by atoms with E-state index in [1.807, 2.05) is 11.5 Å². The molecule has 33 heavy (non-hydrogen) atoms. The monoisotopic (exact) mass is 509 g/mol. The van der Waals surface area contributed by atoms with Gasteiger partial charge in [-0.05, 0) is 48.9 Å². The van der Waals surface area contributed by atoms with Crippen molar-refractivity contribution in [3.63, 3.8) is 0 Å². The Bertz CT molecular complexity index is 1450. The molecule has 0 aliphatic carbocycles. The number of amides is 1. The smallest absolute Gasteiger partial charge is 0.279 e. The molecular weight excluding hydrogens is 482 g/mol. The van der Waals surface area contributed by atoms with Crippen LogP contribution in [0, 0.1) is 0 Å². The van der Waals surface area contributed by atoms with Gasteiger partial charge in [0.15, 0.2) is 14.6 Å². The van der Waals surface area contributed by atoms with Crippen molar-refractivity contribution >= 4 is 47.3 Å². The fourth-order valence-electron chi connectivity index (χ4n) is 3.44. The molecule has 0 spiro atoms. The number of carbonyl (C=O) groups is 1. The Morgan fingerprint density at radius 3 is 2.12 bits per heavy atom. The number of rotatable bonds is 8. The summed E-state index contributed by atoms with van der Waals surface area (Å²) in [4.78, 5) is 17.9. The molecule has 1 amide bonds. The van der Waals surface area contributed by atoms with Crippen molar-refractivity contribution in [1.29, 1.82) is 0 Å². The molecule has 8 nitrogen and oxygen atoms in total. The third kappa shape index (κ3) is 5.26. The van der Waals surface area contributed by atoms with E-state index in [0.29, 0.717) is 24.4 Å². The molecule has 0 unspecified atom stereocenters. The van der Waals surface area contributed by atoms with Crippen LogP contribution in [0.1, 0.15) is 37.6 Å². The Morgan fingerprint density at radius 2 is 1.58 bits per heavy atom. The molecule has 11 heteroatoms. The third-order valence-electron chi connectivity index (χ3n) is 5.17. The topological polar surface area (TPSA) is 106 Å². The predicted molar refractivity (Wildman–Crippen MR) is 130 cm³/mol. The van der Waals surface area contributed by atoms with E-state index in [0.717, 1.165) is 22.9 Å². The number of fused-ring (bicyclic) bond motifs is 1. The standard InChI is InChI=1S/C22H27N3O5S3/c1-5-14-25-19-13-12-18(32(4,27)28)15-20(19)31-22(25)23-21(26)16-8-10-17(11-9-16)33(29,30)24(6-2)7-3/h8-13,15H,5-7,14H2,1-4H3. The van der Waals surface area contributed by atoms with Crippen LogP contribution in [0.3, 0.4) is 0 Å². The molecule has 178 valence electrons. The highest BCUT2D eigenvalue weighted by Crippen LogP contribution is 2.22. The molecule has 3 rings (SSSR count). The van der Waals surface area contributed by atoms with Gasteiger partial charge in [0.1, 0.15) is 0 Å². The first-order valence-corrected chi connectivity index (χ1v) is 14.7. The molecule has 0 atom stereocenters. The first kappa shape index (κ1) is 25.3. The second-order valence-corrected chi connectivity index (χ2v) is 12.4. The lowest BCUT2D eigenvalue weighted by molar-refractivity contribution is 0.0997. The molecular formula is C22H27N3O5S3. The van der Waals surface area contributed by atoms with Crippen LogP contribution in [0.5, 0.6) is 0 Å². The molecule has 0 aliphatic heterocycles. The Balaban J connectivity index is 2.03. The van der Waals surface area contributed by atoms with Gasteiger partial charge in [-0.2, -0.15) is 9.30 Å². The maximum Gasteiger partial charge on any atom is 0.279 e. The van der Waals surface area contributed by atoms with Crippen LogP contribution < -0.4 is 4.80 Å². The van der Waals surface area contributed by atoms with Crippen molar-refractivity contribution in [2.24, 2.45) is 4.99 Å². The Kier molecular flexibility index (Phi) is 7.57. The Morgan fingerprint density at radius 1 is 0.970 bits per heavy atom. The van der Waals surface area contributed by atoms with Crippen molar-refractivity contribution in [1.82, 2.24) is 8.87 Å². The zero-order valence-corrected chi connectivity index (χ0v) is 21.4. The number of sulfone groups is 1. The van der Waals surface area contributed by atoms with Crippen molar-refractivity contribution in [2.45, 2.75) is 43.5 Å². The van der Waals surface area contributed by atoms with Gasteiger partial charge in [0.2, 0.25) is 10.0 Å².